The maximum absolute atomic E-state index is 12.5. The third kappa shape index (κ3) is 42.1. The van der Waals surface area contributed by atoms with Crippen molar-refractivity contribution in [1.29, 1.82) is 0 Å². The molecule has 0 amide bonds. The van der Waals surface area contributed by atoms with E-state index in [4.69, 9.17) is 14.2 Å². The van der Waals surface area contributed by atoms with Gasteiger partial charge in [0.1, 0.15) is 6.10 Å². The molecule has 7 nitrogen and oxygen atoms in total. The van der Waals surface area contributed by atoms with Crippen LogP contribution in [0, 0.1) is 0 Å². The third-order valence-electron chi connectivity index (χ3n) is 11.1. The van der Waals surface area contributed by atoms with Crippen LogP contribution in [0.3, 0.4) is 0 Å². The zero-order chi connectivity index (χ0) is 40.1. The topological polar surface area (TPSA) is 85.3 Å². The molecule has 0 saturated carbocycles. The molecule has 0 aliphatic carbocycles. The number of carbonyl (C=O) groups excluding carboxylic acids is 2. The van der Waals surface area contributed by atoms with Gasteiger partial charge < -0.3 is 24.2 Å². The zero-order valence-electron chi connectivity index (χ0n) is 37.2. The molecule has 7 heteroatoms. The van der Waals surface area contributed by atoms with Crippen molar-refractivity contribution in [2.24, 2.45) is 0 Å². The van der Waals surface area contributed by atoms with Crippen molar-refractivity contribution in [1.82, 2.24) is 4.90 Å². The molecule has 1 unspecified atom stereocenters. The first-order chi connectivity index (χ1) is 27.1. The molecule has 0 radical (unpaired) electrons. The summed E-state index contributed by atoms with van der Waals surface area (Å²) in [5.74, 6) is -0.0173. The van der Waals surface area contributed by atoms with Gasteiger partial charge in [0.05, 0.1) is 13.2 Å². The number of ether oxygens (including phenoxy) is 3. The van der Waals surface area contributed by atoms with Gasteiger partial charge in [0.15, 0.2) is 0 Å². The minimum atomic E-state index is -0.464. The van der Waals surface area contributed by atoms with E-state index in [1.807, 2.05) is 0 Å². The Hall–Kier alpha value is -1.34. The summed E-state index contributed by atoms with van der Waals surface area (Å²) in [5, 5.41) is 9.27. The van der Waals surface area contributed by atoms with Gasteiger partial charge in [-0.25, -0.2) is 4.79 Å². The summed E-state index contributed by atoms with van der Waals surface area (Å²) in [6, 6.07) is 0. The average molecular weight is 782 g/mol. The molecule has 55 heavy (non-hydrogen) atoms. The first kappa shape index (κ1) is 53.7. The van der Waals surface area contributed by atoms with Crippen LogP contribution >= 0.6 is 0 Å². The Balaban J connectivity index is 3.99. The van der Waals surface area contributed by atoms with Crippen LogP contribution in [0.2, 0.25) is 0 Å². The lowest BCUT2D eigenvalue weighted by molar-refractivity contribution is -0.143. The van der Waals surface area contributed by atoms with Crippen LogP contribution in [0.4, 0.5) is 4.79 Å². The van der Waals surface area contributed by atoms with Gasteiger partial charge in [0.25, 0.3) is 0 Å². The van der Waals surface area contributed by atoms with Gasteiger partial charge in [0.2, 0.25) is 0 Å². The molecule has 0 spiro atoms. The highest BCUT2D eigenvalue weighted by Crippen LogP contribution is 2.18. The molecular formula is C48H95NO6. The molecule has 1 N–H and O–H groups in total. The van der Waals surface area contributed by atoms with Crippen LogP contribution < -0.4 is 0 Å². The normalized spacial score (nSPS) is 12.0. The molecule has 0 aliphatic rings. The van der Waals surface area contributed by atoms with Gasteiger partial charge >= 0.3 is 12.1 Å². The minimum Gasteiger partial charge on any atom is -0.466 e. The number of carbonyl (C=O) groups is 2. The van der Waals surface area contributed by atoms with Crippen molar-refractivity contribution in [2.45, 2.75) is 258 Å². The smallest absolute Gasteiger partial charge is 0.466 e. The number of esters is 1. The van der Waals surface area contributed by atoms with Crippen molar-refractivity contribution >= 4 is 12.1 Å². The van der Waals surface area contributed by atoms with E-state index in [-0.39, 0.29) is 18.7 Å². The molecule has 0 rings (SSSR count). The summed E-state index contributed by atoms with van der Waals surface area (Å²) in [4.78, 5) is 27.0. The van der Waals surface area contributed by atoms with E-state index in [1.165, 1.54) is 148 Å². The fourth-order valence-corrected chi connectivity index (χ4v) is 7.45. The Kier molecular flexibility index (Phi) is 44.3. The lowest BCUT2D eigenvalue weighted by Gasteiger charge is -2.22. The SMILES string of the molecule is CCCCCCCCCCCC(CCCCCC)OC(=O)OCCCCCCCCN(CCCCO)CCCCCCCCOC(=O)CCCCCCCC. The number of nitrogens with zero attached hydrogens (tertiary/aromatic N) is 1. The molecular weight excluding hydrogens is 687 g/mol. The molecule has 0 bridgehead atoms. The standard InChI is InChI=1S/C48H95NO6/c1-4-7-10-13-15-16-17-22-29-38-46(37-28-12-9-6-3)55-48(52)54-45-36-27-21-19-25-32-41-49(42-33-34-43-50)40-31-24-18-20-26-35-44-53-47(51)39-30-23-14-11-8-5-2/h46,50H,4-45H2,1-3H3. The zero-order valence-corrected chi connectivity index (χ0v) is 37.2. The average Bonchev–Trinajstić information content (AvgIpc) is 3.18. The summed E-state index contributed by atoms with van der Waals surface area (Å²) in [6.07, 6.45) is 41.7. The Bertz CT molecular complexity index is 780. The molecule has 328 valence electrons. The summed E-state index contributed by atoms with van der Waals surface area (Å²) in [5.41, 5.74) is 0. The van der Waals surface area contributed by atoms with E-state index >= 15 is 0 Å². The molecule has 0 saturated heterocycles. The second kappa shape index (κ2) is 45.4. The lowest BCUT2D eigenvalue weighted by Crippen LogP contribution is -2.27. The van der Waals surface area contributed by atoms with Crippen molar-refractivity contribution in [2.75, 3.05) is 39.5 Å². The van der Waals surface area contributed by atoms with E-state index in [0.717, 1.165) is 96.7 Å². The first-order valence-electron chi connectivity index (χ1n) is 24.4. The predicted molar refractivity (Wildman–Crippen MR) is 234 cm³/mol. The summed E-state index contributed by atoms with van der Waals surface area (Å²) in [6.45, 7) is 11.4. The van der Waals surface area contributed by atoms with Gasteiger partial charge in [-0.3, -0.25) is 4.79 Å². The number of hydrogen-bond acceptors (Lipinski definition) is 7. The highest BCUT2D eigenvalue weighted by molar-refractivity contribution is 5.69. The Labute approximate surface area is 342 Å². The van der Waals surface area contributed by atoms with Crippen LogP contribution in [-0.2, 0) is 19.0 Å². The van der Waals surface area contributed by atoms with Crippen LogP contribution in [0.5, 0.6) is 0 Å². The molecule has 0 aromatic carbocycles. The highest BCUT2D eigenvalue weighted by Gasteiger charge is 2.15. The van der Waals surface area contributed by atoms with Crippen LogP contribution in [-0.4, -0.2) is 67.7 Å². The Morgan fingerprint density at radius 1 is 0.436 bits per heavy atom. The molecule has 0 heterocycles. The number of unbranched alkanes of at least 4 members (excludes halogenated alkanes) is 27. The quantitative estimate of drug-likeness (QED) is 0.0486. The van der Waals surface area contributed by atoms with Crippen molar-refractivity contribution < 1.29 is 28.9 Å². The van der Waals surface area contributed by atoms with E-state index in [0.29, 0.717) is 19.6 Å². The molecule has 0 aliphatic heterocycles. The van der Waals surface area contributed by atoms with Crippen LogP contribution in [0.15, 0.2) is 0 Å². The summed E-state index contributed by atoms with van der Waals surface area (Å²) >= 11 is 0. The van der Waals surface area contributed by atoms with E-state index < -0.39 is 6.16 Å². The van der Waals surface area contributed by atoms with E-state index in [1.54, 1.807) is 0 Å². The Morgan fingerprint density at radius 2 is 0.800 bits per heavy atom. The lowest BCUT2D eigenvalue weighted by atomic mass is 10.0. The molecule has 0 aromatic rings. The maximum Gasteiger partial charge on any atom is 0.508 e. The number of hydrogen-bond donors (Lipinski definition) is 1. The van der Waals surface area contributed by atoms with Crippen molar-refractivity contribution in [3.05, 3.63) is 0 Å². The van der Waals surface area contributed by atoms with Gasteiger partial charge in [-0.2, -0.15) is 0 Å². The highest BCUT2D eigenvalue weighted by atomic mass is 16.7. The van der Waals surface area contributed by atoms with Gasteiger partial charge in [-0.15, -0.1) is 0 Å². The fraction of sp³-hybridized carbons (Fsp3) is 0.958. The van der Waals surface area contributed by atoms with Gasteiger partial charge in [-0.1, -0.05) is 175 Å². The summed E-state index contributed by atoms with van der Waals surface area (Å²) in [7, 11) is 0. The van der Waals surface area contributed by atoms with Gasteiger partial charge in [-0.05, 0) is 90.3 Å². The number of rotatable bonds is 45. The third-order valence-corrected chi connectivity index (χ3v) is 11.1. The second-order valence-electron chi connectivity index (χ2n) is 16.6. The van der Waals surface area contributed by atoms with Crippen molar-refractivity contribution in [3.63, 3.8) is 0 Å². The van der Waals surface area contributed by atoms with E-state index in [9.17, 15) is 14.7 Å². The number of aliphatic hydroxyl groups is 1. The fourth-order valence-electron chi connectivity index (χ4n) is 7.45. The molecule has 1 atom stereocenters. The largest absolute Gasteiger partial charge is 0.508 e. The Morgan fingerprint density at radius 3 is 1.27 bits per heavy atom. The minimum absolute atomic E-state index is 0.00532. The molecule has 0 aromatic heterocycles. The first-order valence-corrected chi connectivity index (χ1v) is 24.4. The summed E-state index contributed by atoms with van der Waals surface area (Å²) < 4.78 is 16.7. The number of aliphatic hydroxyl groups excluding tert-OH is 1. The van der Waals surface area contributed by atoms with Crippen LogP contribution in [0.25, 0.3) is 0 Å². The molecule has 0 fully saturated rings. The predicted octanol–water partition coefficient (Wildman–Crippen LogP) is 14.4. The van der Waals surface area contributed by atoms with Gasteiger partial charge in [0, 0.05) is 13.0 Å². The second-order valence-corrected chi connectivity index (χ2v) is 16.6. The monoisotopic (exact) mass is 782 g/mol. The van der Waals surface area contributed by atoms with Crippen LogP contribution in [0.1, 0.15) is 252 Å². The van der Waals surface area contributed by atoms with E-state index in [2.05, 4.69) is 25.7 Å². The maximum atomic E-state index is 12.5. The van der Waals surface area contributed by atoms with Crippen molar-refractivity contribution in [3.8, 4) is 0 Å².